The second kappa shape index (κ2) is 5.02. The first-order valence-electron chi connectivity index (χ1n) is 3.72. The summed E-state index contributed by atoms with van der Waals surface area (Å²) in [4.78, 5) is 17.8. The molecule has 0 saturated heterocycles. The van der Waals surface area contributed by atoms with Crippen molar-refractivity contribution in [1.82, 2.24) is 9.97 Å². The molecule has 0 fully saturated rings. The number of halogens is 1. The molecule has 1 aromatic rings. The van der Waals surface area contributed by atoms with Gasteiger partial charge < -0.3 is 10.8 Å². The maximum absolute atomic E-state index is 10.2. The lowest BCUT2D eigenvalue weighted by Gasteiger charge is -2.00. The van der Waals surface area contributed by atoms with Crippen molar-refractivity contribution < 1.29 is 9.90 Å². The number of nitrogens with zero attached hydrogens (tertiary/aromatic N) is 2. The number of aromatic nitrogens is 2. The molecule has 14 heavy (non-hydrogen) atoms. The zero-order valence-corrected chi connectivity index (χ0v) is 8.68. The Hall–Kier alpha value is -1.01. The van der Waals surface area contributed by atoms with Gasteiger partial charge in [-0.1, -0.05) is 11.6 Å². The predicted molar refractivity (Wildman–Crippen MR) is 54.4 cm³/mol. The fourth-order valence-corrected chi connectivity index (χ4v) is 1.82. The maximum Gasteiger partial charge on any atom is 0.304 e. The van der Waals surface area contributed by atoms with E-state index in [9.17, 15) is 4.79 Å². The molecule has 0 unspecified atom stereocenters. The molecule has 5 nitrogen and oxygen atoms in total. The minimum absolute atomic E-state index is 0.0756. The first-order valence-corrected chi connectivity index (χ1v) is 5.09. The van der Waals surface area contributed by atoms with Crippen LogP contribution in [-0.4, -0.2) is 26.8 Å². The van der Waals surface area contributed by atoms with E-state index >= 15 is 0 Å². The first-order chi connectivity index (χ1) is 6.58. The van der Waals surface area contributed by atoms with Crippen LogP contribution in [0.1, 0.15) is 6.42 Å². The Morgan fingerprint density at radius 1 is 1.64 bits per heavy atom. The van der Waals surface area contributed by atoms with Gasteiger partial charge in [-0.15, -0.1) is 11.8 Å². The average Bonchev–Trinajstić information content (AvgIpc) is 2.01. The summed E-state index contributed by atoms with van der Waals surface area (Å²) in [6.45, 7) is 0. The Bertz CT molecular complexity index is 327. The van der Waals surface area contributed by atoms with E-state index in [2.05, 4.69) is 9.97 Å². The number of hydrogen-bond acceptors (Lipinski definition) is 5. The highest BCUT2D eigenvalue weighted by Gasteiger charge is 2.03. The monoisotopic (exact) mass is 233 g/mol. The van der Waals surface area contributed by atoms with E-state index in [-0.39, 0.29) is 17.5 Å². The van der Waals surface area contributed by atoms with Gasteiger partial charge in [-0.3, -0.25) is 4.79 Å². The molecule has 0 aliphatic carbocycles. The first kappa shape index (κ1) is 11.1. The number of rotatable bonds is 4. The summed E-state index contributed by atoms with van der Waals surface area (Å²) >= 11 is 6.91. The number of nitrogen functional groups attached to an aromatic ring is 1. The minimum atomic E-state index is -0.842. The molecule has 1 aromatic heterocycles. The Morgan fingerprint density at radius 3 is 2.93 bits per heavy atom. The molecular formula is C7H8ClN3O2S. The van der Waals surface area contributed by atoms with Crippen molar-refractivity contribution in [1.29, 1.82) is 0 Å². The van der Waals surface area contributed by atoms with Crippen LogP contribution in [0.4, 0.5) is 5.95 Å². The predicted octanol–water partition coefficient (Wildman–Crippen LogP) is 1.28. The van der Waals surface area contributed by atoms with E-state index in [1.807, 2.05) is 0 Å². The van der Waals surface area contributed by atoms with Crippen LogP contribution in [0.3, 0.4) is 0 Å². The zero-order valence-electron chi connectivity index (χ0n) is 7.11. The lowest BCUT2D eigenvalue weighted by molar-refractivity contribution is -0.136. The second-order valence-electron chi connectivity index (χ2n) is 2.38. The van der Waals surface area contributed by atoms with E-state index in [1.54, 1.807) is 6.07 Å². The number of carboxylic acids is 1. The highest BCUT2D eigenvalue weighted by atomic mass is 35.5. The van der Waals surface area contributed by atoms with Gasteiger partial charge in [0.15, 0.2) is 0 Å². The molecule has 0 bridgehead atoms. The van der Waals surface area contributed by atoms with E-state index < -0.39 is 5.97 Å². The molecule has 0 aliphatic rings. The van der Waals surface area contributed by atoms with Crippen LogP contribution >= 0.6 is 23.4 Å². The quantitative estimate of drug-likeness (QED) is 0.602. The van der Waals surface area contributed by atoms with Gasteiger partial charge in [-0.25, -0.2) is 9.97 Å². The lowest BCUT2D eigenvalue weighted by atomic mass is 10.5. The van der Waals surface area contributed by atoms with Crippen LogP contribution in [0.2, 0.25) is 5.15 Å². The molecule has 1 rings (SSSR count). The maximum atomic E-state index is 10.2. The van der Waals surface area contributed by atoms with Crippen molar-refractivity contribution >= 4 is 35.3 Å². The molecule has 0 amide bonds. The molecule has 76 valence electrons. The van der Waals surface area contributed by atoms with Crippen molar-refractivity contribution in [2.75, 3.05) is 11.5 Å². The molecule has 1 heterocycles. The Balaban J connectivity index is 2.54. The zero-order chi connectivity index (χ0) is 10.6. The molecule has 0 saturated carbocycles. The second-order valence-corrected chi connectivity index (χ2v) is 3.88. The highest BCUT2D eigenvalue weighted by Crippen LogP contribution is 2.19. The van der Waals surface area contributed by atoms with Crippen molar-refractivity contribution in [3.05, 3.63) is 11.2 Å². The SMILES string of the molecule is Nc1nc(Cl)cc(SCCC(=O)O)n1. The highest BCUT2D eigenvalue weighted by molar-refractivity contribution is 7.99. The number of hydrogen-bond donors (Lipinski definition) is 2. The summed E-state index contributed by atoms with van der Waals surface area (Å²) in [7, 11) is 0. The summed E-state index contributed by atoms with van der Waals surface area (Å²) < 4.78 is 0. The van der Waals surface area contributed by atoms with Crippen LogP contribution in [0, 0.1) is 0 Å². The standard InChI is InChI=1S/C7H8ClN3O2S/c8-4-3-5(11-7(9)10-4)14-2-1-6(12)13/h3H,1-2H2,(H,12,13)(H2,9,10,11). The summed E-state index contributed by atoms with van der Waals surface area (Å²) in [5, 5.41) is 9.25. The van der Waals surface area contributed by atoms with Crippen molar-refractivity contribution in [2.24, 2.45) is 0 Å². The smallest absolute Gasteiger partial charge is 0.304 e. The van der Waals surface area contributed by atoms with E-state index in [0.717, 1.165) is 0 Å². The molecule has 7 heteroatoms. The molecule has 0 atom stereocenters. The molecule has 0 aromatic carbocycles. The Morgan fingerprint density at radius 2 is 2.36 bits per heavy atom. The van der Waals surface area contributed by atoms with Gasteiger partial charge in [0.2, 0.25) is 5.95 Å². The molecule has 0 spiro atoms. The minimum Gasteiger partial charge on any atom is -0.481 e. The van der Waals surface area contributed by atoms with Crippen molar-refractivity contribution in [3.8, 4) is 0 Å². The van der Waals surface area contributed by atoms with Gasteiger partial charge in [-0.05, 0) is 0 Å². The van der Waals surface area contributed by atoms with Gasteiger partial charge in [-0.2, -0.15) is 0 Å². The number of carbonyl (C=O) groups is 1. The number of thioether (sulfide) groups is 1. The average molecular weight is 234 g/mol. The lowest BCUT2D eigenvalue weighted by Crippen LogP contribution is -1.98. The Kier molecular flexibility index (Phi) is 3.97. The van der Waals surface area contributed by atoms with Gasteiger partial charge >= 0.3 is 5.97 Å². The van der Waals surface area contributed by atoms with Crippen molar-refractivity contribution in [3.63, 3.8) is 0 Å². The fraction of sp³-hybridized carbons (Fsp3) is 0.286. The number of anilines is 1. The summed E-state index contributed by atoms with van der Waals surface area (Å²) in [5.41, 5.74) is 5.35. The molecular weight excluding hydrogens is 226 g/mol. The van der Waals surface area contributed by atoms with Crippen LogP contribution < -0.4 is 5.73 Å². The van der Waals surface area contributed by atoms with Crippen molar-refractivity contribution in [2.45, 2.75) is 11.4 Å². The number of aliphatic carboxylic acids is 1. The molecule has 0 radical (unpaired) electrons. The van der Waals surface area contributed by atoms with Crippen LogP contribution in [0.5, 0.6) is 0 Å². The summed E-state index contributed by atoms with van der Waals surface area (Å²) in [6, 6.07) is 1.55. The van der Waals surface area contributed by atoms with Gasteiger partial charge in [0.25, 0.3) is 0 Å². The van der Waals surface area contributed by atoms with E-state index in [4.69, 9.17) is 22.4 Å². The van der Waals surface area contributed by atoms with E-state index in [1.165, 1.54) is 11.8 Å². The fourth-order valence-electron chi connectivity index (χ4n) is 0.731. The van der Waals surface area contributed by atoms with E-state index in [0.29, 0.717) is 10.8 Å². The normalized spacial score (nSPS) is 10.1. The largest absolute Gasteiger partial charge is 0.481 e. The summed E-state index contributed by atoms with van der Waals surface area (Å²) in [5.74, 6) is -0.316. The third-order valence-corrected chi connectivity index (χ3v) is 2.36. The van der Waals surface area contributed by atoms with Gasteiger partial charge in [0.05, 0.1) is 6.42 Å². The third-order valence-electron chi connectivity index (χ3n) is 1.25. The topological polar surface area (TPSA) is 89.1 Å². The van der Waals surface area contributed by atoms with Crippen LogP contribution in [0.25, 0.3) is 0 Å². The molecule has 3 N–H and O–H groups in total. The van der Waals surface area contributed by atoms with Gasteiger partial charge in [0, 0.05) is 11.8 Å². The number of nitrogens with two attached hydrogens (primary N) is 1. The molecule has 0 aliphatic heterocycles. The van der Waals surface area contributed by atoms with Crippen LogP contribution in [0.15, 0.2) is 11.1 Å². The van der Waals surface area contributed by atoms with Gasteiger partial charge in [0.1, 0.15) is 10.2 Å². The third kappa shape index (κ3) is 3.80. The number of carboxylic acid groups (broad SMARTS) is 1. The Labute approximate surface area is 89.7 Å². The summed E-state index contributed by atoms with van der Waals surface area (Å²) in [6.07, 6.45) is 0.0756. The van der Waals surface area contributed by atoms with Crippen LogP contribution in [-0.2, 0) is 4.79 Å².